The number of carbonyl (C=O) groups is 1. The van der Waals surface area contributed by atoms with E-state index in [1.54, 1.807) is 12.3 Å². The summed E-state index contributed by atoms with van der Waals surface area (Å²) >= 11 is 1.42. The fourth-order valence-corrected chi connectivity index (χ4v) is 4.91. The first-order valence-electron chi connectivity index (χ1n) is 9.07. The molecule has 27 heavy (non-hydrogen) atoms. The highest BCUT2D eigenvalue weighted by molar-refractivity contribution is 7.99. The fourth-order valence-electron chi connectivity index (χ4n) is 4.04. The predicted octanol–water partition coefficient (Wildman–Crippen LogP) is 3.99. The van der Waals surface area contributed by atoms with Gasteiger partial charge in [0.15, 0.2) is 5.16 Å². The lowest BCUT2D eigenvalue weighted by Gasteiger charge is -2.28. The molecule has 2 saturated heterocycles. The summed E-state index contributed by atoms with van der Waals surface area (Å²) < 4.78 is 15.6. The second kappa shape index (κ2) is 8.63. The molecule has 2 bridgehead atoms. The molecule has 3 heterocycles. The Morgan fingerprint density at radius 1 is 1.37 bits per heavy atom. The molecule has 2 fully saturated rings. The summed E-state index contributed by atoms with van der Waals surface area (Å²) in [6.45, 7) is 0. The van der Waals surface area contributed by atoms with E-state index in [-0.39, 0.29) is 24.1 Å². The average Bonchev–Trinajstić information content (AvgIpc) is 3.15. The van der Waals surface area contributed by atoms with E-state index in [0.717, 1.165) is 22.9 Å². The summed E-state index contributed by atoms with van der Waals surface area (Å²) in [6.07, 6.45) is 8.63. The van der Waals surface area contributed by atoms with E-state index >= 15 is 0 Å². The predicted molar refractivity (Wildman–Crippen MR) is 107 cm³/mol. The molecule has 2 aliphatic rings. The standard InChI is InChI=1S/C19H23FN4OS.ClH/c1-24-7-6-21-19(24)26-17-5-2-13(20)11-16(17)23-18(25)10-12-8-14-3-4-15(9-12)22-14;/h2,5-7,11-12,14-15,22H,3-4,8-10H2,1H3,(H,23,25);1H. The molecule has 146 valence electrons. The maximum absolute atomic E-state index is 13.7. The smallest absolute Gasteiger partial charge is 0.224 e. The van der Waals surface area contributed by atoms with Crippen LogP contribution in [0.2, 0.25) is 0 Å². The summed E-state index contributed by atoms with van der Waals surface area (Å²) in [5.74, 6) is 0.0148. The molecule has 2 aromatic rings. The zero-order chi connectivity index (χ0) is 18.1. The Morgan fingerprint density at radius 3 is 2.78 bits per heavy atom. The van der Waals surface area contributed by atoms with Crippen molar-refractivity contribution in [2.75, 3.05) is 5.32 Å². The summed E-state index contributed by atoms with van der Waals surface area (Å²) in [4.78, 5) is 17.6. The van der Waals surface area contributed by atoms with Crippen molar-refractivity contribution < 1.29 is 9.18 Å². The number of benzene rings is 1. The quantitative estimate of drug-likeness (QED) is 0.782. The number of hydrogen-bond acceptors (Lipinski definition) is 4. The van der Waals surface area contributed by atoms with Crippen LogP contribution in [-0.2, 0) is 11.8 Å². The number of anilines is 1. The van der Waals surface area contributed by atoms with Crippen LogP contribution in [0, 0.1) is 11.7 Å². The van der Waals surface area contributed by atoms with Crippen LogP contribution in [0.4, 0.5) is 10.1 Å². The zero-order valence-electron chi connectivity index (χ0n) is 15.2. The number of aryl methyl sites for hydroxylation is 1. The Hall–Kier alpha value is -1.57. The monoisotopic (exact) mass is 410 g/mol. The number of halogens is 2. The van der Waals surface area contributed by atoms with Crippen molar-refractivity contribution in [2.45, 2.75) is 54.2 Å². The van der Waals surface area contributed by atoms with Crippen LogP contribution in [-0.4, -0.2) is 27.5 Å². The van der Waals surface area contributed by atoms with Gasteiger partial charge in [0, 0.05) is 42.8 Å². The van der Waals surface area contributed by atoms with Crippen molar-refractivity contribution in [3.8, 4) is 0 Å². The van der Waals surface area contributed by atoms with E-state index in [1.165, 1.54) is 36.7 Å². The van der Waals surface area contributed by atoms with Crippen LogP contribution < -0.4 is 10.6 Å². The first-order chi connectivity index (χ1) is 12.6. The topological polar surface area (TPSA) is 59.0 Å². The Balaban J connectivity index is 0.00000210. The van der Waals surface area contributed by atoms with Gasteiger partial charge in [-0.05, 0) is 61.6 Å². The highest BCUT2D eigenvalue weighted by atomic mass is 35.5. The van der Waals surface area contributed by atoms with Gasteiger partial charge < -0.3 is 15.2 Å². The lowest BCUT2D eigenvalue weighted by Crippen LogP contribution is -2.39. The van der Waals surface area contributed by atoms with E-state index in [1.807, 2.05) is 17.8 Å². The minimum Gasteiger partial charge on any atom is -0.329 e. The molecule has 5 nitrogen and oxygen atoms in total. The van der Waals surface area contributed by atoms with Gasteiger partial charge in [-0.1, -0.05) is 0 Å². The van der Waals surface area contributed by atoms with Gasteiger partial charge in [-0.15, -0.1) is 12.4 Å². The second-order valence-electron chi connectivity index (χ2n) is 7.29. The molecule has 2 aliphatic heterocycles. The first kappa shape index (κ1) is 20.2. The third-order valence-electron chi connectivity index (χ3n) is 5.24. The molecule has 1 amide bonds. The van der Waals surface area contributed by atoms with Crippen LogP contribution in [0.25, 0.3) is 0 Å². The molecule has 0 radical (unpaired) electrons. The van der Waals surface area contributed by atoms with Crippen LogP contribution in [0.1, 0.15) is 32.1 Å². The van der Waals surface area contributed by atoms with E-state index in [9.17, 15) is 9.18 Å². The minimum atomic E-state index is -0.357. The molecule has 2 unspecified atom stereocenters. The normalized spacial score (nSPS) is 23.7. The van der Waals surface area contributed by atoms with Crippen molar-refractivity contribution in [2.24, 2.45) is 13.0 Å². The number of hydrogen-bond donors (Lipinski definition) is 2. The first-order valence-corrected chi connectivity index (χ1v) is 9.89. The molecule has 4 rings (SSSR count). The van der Waals surface area contributed by atoms with Crippen molar-refractivity contribution in [3.63, 3.8) is 0 Å². The summed E-state index contributed by atoms with van der Waals surface area (Å²) in [6, 6.07) is 5.61. The number of aromatic nitrogens is 2. The molecule has 0 saturated carbocycles. The number of amides is 1. The number of rotatable bonds is 5. The van der Waals surface area contributed by atoms with Crippen molar-refractivity contribution in [1.29, 1.82) is 0 Å². The van der Waals surface area contributed by atoms with Crippen LogP contribution in [0.3, 0.4) is 0 Å². The van der Waals surface area contributed by atoms with Crippen molar-refractivity contribution in [3.05, 3.63) is 36.4 Å². The Labute approximate surface area is 168 Å². The van der Waals surface area contributed by atoms with E-state index in [0.29, 0.717) is 30.1 Å². The molecule has 0 spiro atoms. The number of fused-ring (bicyclic) bond motifs is 2. The van der Waals surface area contributed by atoms with E-state index in [2.05, 4.69) is 15.6 Å². The SMILES string of the molecule is Cl.Cn1ccnc1Sc1ccc(F)cc1NC(=O)CC1CC2CCC(C1)N2. The van der Waals surface area contributed by atoms with Gasteiger partial charge in [0.25, 0.3) is 0 Å². The number of carbonyl (C=O) groups excluding carboxylic acids is 1. The lowest BCUT2D eigenvalue weighted by atomic mass is 9.89. The molecule has 1 aromatic heterocycles. The fraction of sp³-hybridized carbons (Fsp3) is 0.474. The van der Waals surface area contributed by atoms with Gasteiger partial charge in [0.1, 0.15) is 5.82 Å². The number of nitrogens with one attached hydrogen (secondary N) is 2. The zero-order valence-corrected chi connectivity index (χ0v) is 16.8. The number of piperidine rings is 1. The van der Waals surface area contributed by atoms with Gasteiger partial charge in [-0.2, -0.15) is 0 Å². The van der Waals surface area contributed by atoms with Gasteiger partial charge in [0.05, 0.1) is 5.69 Å². The van der Waals surface area contributed by atoms with Gasteiger partial charge in [0.2, 0.25) is 5.91 Å². The van der Waals surface area contributed by atoms with Gasteiger partial charge in [-0.25, -0.2) is 9.37 Å². The second-order valence-corrected chi connectivity index (χ2v) is 8.30. The molecule has 2 N–H and O–H groups in total. The molecule has 2 atom stereocenters. The summed E-state index contributed by atoms with van der Waals surface area (Å²) in [7, 11) is 1.91. The number of nitrogens with zero attached hydrogens (tertiary/aromatic N) is 2. The third kappa shape index (κ3) is 4.83. The summed E-state index contributed by atoms with van der Waals surface area (Å²) in [5.41, 5.74) is 0.514. The van der Waals surface area contributed by atoms with Crippen LogP contribution >= 0.6 is 24.2 Å². The van der Waals surface area contributed by atoms with Crippen molar-refractivity contribution in [1.82, 2.24) is 14.9 Å². The molecule has 1 aromatic carbocycles. The van der Waals surface area contributed by atoms with Crippen molar-refractivity contribution >= 4 is 35.8 Å². The maximum Gasteiger partial charge on any atom is 0.224 e. The Morgan fingerprint density at radius 2 is 2.11 bits per heavy atom. The van der Waals surface area contributed by atoms with Crippen LogP contribution in [0.5, 0.6) is 0 Å². The van der Waals surface area contributed by atoms with Crippen LogP contribution in [0.15, 0.2) is 40.6 Å². The highest BCUT2D eigenvalue weighted by Crippen LogP contribution is 2.35. The van der Waals surface area contributed by atoms with E-state index in [4.69, 9.17) is 0 Å². The molecule has 8 heteroatoms. The largest absolute Gasteiger partial charge is 0.329 e. The van der Waals surface area contributed by atoms with Gasteiger partial charge >= 0.3 is 0 Å². The Bertz CT molecular complexity index is 803. The number of imidazole rings is 1. The molecule has 0 aliphatic carbocycles. The minimum absolute atomic E-state index is 0. The van der Waals surface area contributed by atoms with Gasteiger partial charge in [-0.3, -0.25) is 4.79 Å². The van der Waals surface area contributed by atoms with E-state index < -0.39 is 0 Å². The third-order valence-corrected chi connectivity index (χ3v) is 6.39. The summed E-state index contributed by atoms with van der Waals surface area (Å²) in [5, 5.41) is 7.31. The Kier molecular flexibility index (Phi) is 6.44. The highest BCUT2D eigenvalue weighted by Gasteiger charge is 2.34. The molecular formula is C19H24ClFN4OS. The lowest BCUT2D eigenvalue weighted by molar-refractivity contribution is -0.117. The molecular weight excluding hydrogens is 387 g/mol. The average molecular weight is 411 g/mol. The maximum atomic E-state index is 13.7.